The summed E-state index contributed by atoms with van der Waals surface area (Å²) in [4.78, 5) is 0. The molecule has 1 heterocycles. The Kier molecular flexibility index (Phi) is 3.24. The van der Waals surface area contributed by atoms with Crippen molar-refractivity contribution in [2.24, 2.45) is 0 Å². The van der Waals surface area contributed by atoms with Gasteiger partial charge >= 0.3 is 0 Å². The van der Waals surface area contributed by atoms with Gasteiger partial charge in [0.05, 0.1) is 11.3 Å². The second kappa shape index (κ2) is 4.22. The van der Waals surface area contributed by atoms with E-state index in [0.29, 0.717) is 0 Å². The number of rotatable bonds is 1. The van der Waals surface area contributed by atoms with Crippen molar-refractivity contribution in [3.05, 3.63) is 17.0 Å². The highest BCUT2D eigenvalue weighted by Gasteiger charge is 2.00. The summed E-state index contributed by atoms with van der Waals surface area (Å²) in [6, 6.07) is 0. The zero-order valence-electron chi connectivity index (χ0n) is 7.31. The predicted octanol–water partition coefficient (Wildman–Crippen LogP) is 1.70. The van der Waals surface area contributed by atoms with Gasteiger partial charge in [-0.3, -0.25) is 5.10 Å². The van der Waals surface area contributed by atoms with Crippen molar-refractivity contribution < 1.29 is 0 Å². The van der Waals surface area contributed by atoms with Crippen LogP contribution in [0.4, 0.5) is 0 Å². The van der Waals surface area contributed by atoms with E-state index >= 15 is 0 Å². The molecule has 0 atom stereocenters. The molecule has 0 spiro atoms. The molecule has 0 aromatic carbocycles. The van der Waals surface area contributed by atoms with Crippen molar-refractivity contribution >= 4 is 12.6 Å². The summed E-state index contributed by atoms with van der Waals surface area (Å²) in [5.74, 6) is 6.91. The van der Waals surface area contributed by atoms with Crippen molar-refractivity contribution in [1.29, 1.82) is 0 Å². The molecule has 1 N–H and O–H groups in total. The molecular weight excluding hydrogens is 168 g/mol. The number of thiol groups is 1. The van der Waals surface area contributed by atoms with Crippen LogP contribution in [0.15, 0.2) is 0 Å². The van der Waals surface area contributed by atoms with Crippen molar-refractivity contribution in [1.82, 2.24) is 10.2 Å². The zero-order valence-corrected chi connectivity index (χ0v) is 8.20. The largest absolute Gasteiger partial charge is 0.281 e. The molecule has 12 heavy (non-hydrogen) atoms. The van der Waals surface area contributed by atoms with Gasteiger partial charge in [0.25, 0.3) is 0 Å². The molecular formula is C9H12N2S. The molecule has 0 saturated carbocycles. The number of nitrogens with one attached hydrogen (secondary N) is 1. The van der Waals surface area contributed by atoms with Gasteiger partial charge in [0, 0.05) is 17.9 Å². The minimum atomic E-state index is 0.808. The standard InChI is InChI=1S/C9H12N2S/c1-7-9(5-3-4-6-12)8(2)11-10-7/h12H,4,6H2,1-2H3,(H,10,11). The highest BCUT2D eigenvalue weighted by molar-refractivity contribution is 7.80. The summed E-state index contributed by atoms with van der Waals surface area (Å²) in [7, 11) is 0. The Morgan fingerprint density at radius 1 is 1.50 bits per heavy atom. The third kappa shape index (κ3) is 2.05. The third-order valence-electron chi connectivity index (χ3n) is 1.58. The maximum absolute atomic E-state index is 4.08. The fourth-order valence-electron chi connectivity index (χ4n) is 0.942. The van der Waals surface area contributed by atoms with Crippen LogP contribution in [-0.4, -0.2) is 16.0 Å². The van der Waals surface area contributed by atoms with Gasteiger partial charge in [0.15, 0.2) is 0 Å². The molecule has 1 rings (SSSR count). The number of hydrogen-bond acceptors (Lipinski definition) is 2. The number of hydrogen-bond donors (Lipinski definition) is 2. The summed E-state index contributed by atoms with van der Waals surface area (Å²) in [5, 5.41) is 6.94. The lowest BCUT2D eigenvalue weighted by Crippen LogP contribution is -1.79. The van der Waals surface area contributed by atoms with Crippen LogP contribution >= 0.6 is 12.6 Å². The summed E-state index contributed by atoms with van der Waals surface area (Å²) >= 11 is 4.08. The predicted molar refractivity (Wildman–Crippen MR) is 53.4 cm³/mol. The van der Waals surface area contributed by atoms with Crippen LogP contribution in [0.1, 0.15) is 23.4 Å². The minimum Gasteiger partial charge on any atom is -0.281 e. The van der Waals surface area contributed by atoms with Gasteiger partial charge in [0.2, 0.25) is 0 Å². The molecule has 1 aromatic heterocycles. The lowest BCUT2D eigenvalue weighted by atomic mass is 10.2. The van der Waals surface area contributed by atoms with E-state index in [1.165, 1.54) is 0 Å². The summed E-state index contributed by atoms with van der Waals surface area (Å²) in [6.45, 7) is 3.93. The SMILES string of the molecule is Cc1n[nH]c(C)c1C#CCCS. The second-order valence-electron chi connectivity index (χ2n) is 2.58. The maximum atomic E-state index is 4.08. The molecule has 0 aliphatic rings. The molecule has 0 radical (unpaired) electrons. The molecule has 0 aliphatic carbocycles. The van der Waals surface area contributed by atoms with Gasteiger partial charge in [0.1, 0.15) is 0 Å². The fraction of sp³-hybridized carbons (Fsp3) is 0.444. The van der Waals surface area contributed by atoms with Gasteiger partial charge in [-0.25, -0.2) is 0 Å². The number of aryl methyl sites for hydroxylation is 2. The Bertz CT molecular complexity index is 298. The summed E-state index contributed by atoms with van der Waals surface area (Å²) < 4.78 is 0. The lowest BCUT2D eigenvalue weighted by Gasteiger charge is -1.86. The quantitative estimate of drug-likeness (QED) is 0.500. The molecule has 0 saturated heterocycles. The second-order valence-corrected chi connectivity index (χ2v) is 3.03. The van der Waals surface area contributed by atoms with Gasteiger partial charge in [-0.1, -0.05) is 11.8 Å². The lowest BCUT2D eigenvalue weighted by molar-refractivity contribution is 1.02. The number of aromatic nitrogens is 2. The van der Waals surface area contributed by atoms with Gasteiger partial charge in [-0.2, -0.15) is 17.7 Å². The van der Waals surface area contributed by atoms with E-state index in [1.807, 2.05) is 13.8 Å². The van der Waals surface area contributed by atoms with Crippen molar-refractivity contribution in [2.45, 2.75) is 20.3 Å². The van der Waals surface area contributed by atoms with Gasteiger partial charge in [-0.15, -0.1) is 0 Å². The summed E-state index contributed by atoms with van der Waals surface area (Å²) in [5.41, 5.74) is 3.04. The van der Waals surface area contributed by atoms with Crippen molar-refractivity contribution in [2.75, 3.05) is 5.75 Å². The molecule has 64 valence electrons. The molecule has 3 heteroatoms. The van der Waals surface area contributed by atoms with E-state index < -0.39 is 0 Å². The van der Waals surface area contributed by atoms with Crippen LogP contribution < -0.4 is 0 Å². The first kappa shape index (κ1) is 9.21. The molecule has 2 nitrogen and oxygen atoms in total. The van der Waals surface area contributed by atoms with E-state index in [-0.39, 0.29) is 0 Å². The first-order chi connectivity index (χ1) is 5.75. The van der Waals surface area contributed by atoms with Crippen LogP contribution in [-0.2, 0) is 0 Å². The van der Waals surface area contributed by atoms with Crippen LogP contribution in [0.5, 0.6) is 0 Å². The zero-order chi connectivity index (χ0) is 8.97. The van der Waals surface area contributed by atoms with Crippen LogP contribution in [0.3, 0.4) is 0 Å². The normalized spacial score (nSPS) is 9.25. The molecule has 0 aliphatic heterocycles. The Hall–Kier alpha value is -0.880. The topological polar surface area (TPSA) is 28.7 Å². The Morgan fingerprint density at radius 3 is 2.75 bits per heavy atom. The molecule has 0 fully saturated rings. The third-order valence-corrected chi connectivity index (χ3v) is 1.80. The fourth-order valence-corrected chi connectivity index (χ4v) is 1.05. The minimum absolute atomic E-state index is 0.808. The van der Waals surface area contributed by atoms with E-state index in [2.05, 4.69) is 34.7 Å². The van der Waals surface area contributed by atoms with Crippen molar-refractivity contribution in [3.63, 3.8) is 0 Å². The van der Waals surface area contributed by atoms with Gasteiger partial charge < -0.3 is 0 Å². The highest BCUT2D eigenvalue weighted by Crippen LogP contribution is 2.06. The number of H-pyrrole nitrogens is 1. The van der Waals surface area contributed by atoms with Crippen molar-refractivity contribution in [3.8, 4) is 11.8 Å². The monoisotopic (exact) mass is 180 g/mol. The smallest absolute Gasteiger partial charge is 0.0750 e. The maximum Gasteiger partial charge on any atom is 0.0750 e. The van der Waals surface area contributed by atoms with E-state index in [1.54, 1.807) is 0 Å². The van der Waals surface area contributed by atoms with Crippen LogP contribution in [0, 0.1) is 25.7 Å². The number of nitrogens with zero attached hydrogens (tertiary/aromatic N) is 1. The molecule has 0 unspecified atom stereocenters. The Balaban J connectivity index is 2.82. The average molecular weight is 180 g/mol. The highest BCUT2D eigenvalue weighted by atomic mass is 32.1. The first-order valence-corrected chi connectivity index (χ1v) is 4.50. The van der Waals surface area contributed by atoms with E-state index in [9.17, 15) is 0 Å². The molecule has 0 amide bonds. The van der Waals surface area contributed by atoms with E-state index in [0.717, 1.165) is 29.1 Å². The summed E-state index contributed by atoms with van der Waals surface area (Å²) in [6.07, 6.45) is 0.827. The van der Waals surface area contributed by atoms with Gasteiger partial charge in [-0.05, 0) is 13.8 Å². The molecule has 1 aromatic rings. The van der Waals surface area contributed by atoms with Crippen LogP contribution in [0.25, 0.3) is 0 Å². The van der Waals surface area contributed by atoms with Crippen LogP contribution in [0.2, 0.25) is 0 Å². The molecule has 0 bridgehead atoms. The van der Waals surface area contributed by atoms with E-state index in [4.69, 9.17) is 0 Å². The average Bonchev–Trinajstić information content (AvgIpc) is 2.35. The first-order valence-electron chi connectivity index (χ1n) is 3.87. The Labute approximate surface area is 78.2 Å². The number of aromatic amines is 1. The Morgan fingerprint density at radius 2 is 2.25 bits per heavy atom.